The second kappa shape index (κ2) is 4.47. The Morgan fingerprint density at radius 1 is 1.41 bits per heavy atom. The largest absolute Gasteiger partial charge is 0.337 e. The van der Waals surface area contributed by atoms with E-state index < -0.39 is 0 Å². The van der Waals surface area contributed by atoms with Crippen LogP contribution < -0.4 is 5.32 Å². The van der Waals surface area contributed by atoms with E-state index in [2.05, 4.69) is 17.1 Å². The Kier molecular flexibility index (Phi) is 3.11. The highest BCUT2D eigenvalue weighted by molar-refractivity contribution is 8.01. The lowest BCUT2D eigenvalue weighted by atomic mass is 9.90. The van der Waals surface area contributed by atoms with Gasteiger partial charge in [0, 0.05) is 25.7 Å². The number of hydrogen-bond donors (Lipinski definition) is 1. The fourth-order valence-electron chi connectivity index (χ4n) is 3.57. The van der Waals surface area contributed by atoms with Crippen molar-refractivity contribution in [2.45, 2.75) is 43.4 Å². The first-order valence-corrected chi connectivity index (χ1v) is 7.85. The SMILES string of the molecule is CC1(C(=O)N2CCCC3CNCC32)CCCS1. The molecule has 1 amide bonds. The van der Waals surface area contributed by atoms with Crippen LogP contribution in [-0.4, -0.2) is 47.0 Å². The highest BCUT2D eigenvalue weighted by Crippen LogP contribution is 2.41. The molecule has 3 aliphatic heterocycles. The van der Waals surface area contributed by atoms with Gasteiger partial charge in [-0.25, -0.2) is 0 Å². The molecule has 3 fully saturated rings. The summed E-state index contributed by atoms with van der Waals surface area (Å²) in [5.41, 5.74) is 0. The van der Waals surface area contributed by atoms with Crippen molar-refractivity contribution in [3.05, 3.63) is 0 Å². The van der Waals surface area contributed by atoms with Gasteiger partial charge in [-0.2, -0.15) is 0 Å². The van der Waals surface area contributed by atoms with E-state index in [1.54, 1.807) is 0 Å². The van der Waals surface area contributed by atoms with Gasteiger partial charge in [-0.1, -0.05) is 0 Å². The number of carbonyl (C=O) groups excluding carboxylic acids is 1. The molecule has 4 heteroatoms. The minimum atomic E-state index is -0.121. The lowest BCUT2D eigenvalue weighted by Crippen LogP contribution is -2.54. The Balaban J connectivity index is 1.76. The van der Waals surface area contributed by atoms with Gasteiger partial charge < -0.3 is 10.2 Å². The van der Waals surface area contributed by atoms with E-state index in [-0.39, 0.29) is 4.75 Å². The van der Waals surface area contributed by atoms with Crippen LogP contribution in [0, 0.1) is 5.92 Å². The van der Waals surface area contributed by atoms with Crippen molar-refractivity contribution in [3.63, 3.8) is 0 Å². The number of carbonyl (C=O) groups is 1. The number of hydrogen-bond acceptors (Lipinski definition) is 3. The van der Waals surface area contributed by atoms with Crippen LogP contribution in [0.25, 0.3) is 0 Å². The molecule has 0 aromatic carbocycles. The zero-order chi connectivity index (χ0) is 11.9. The van der Waals surface area contributed by atoms with Gasteiger partial charge in [0.25, 0.3) is 0 Å². The number of amides is 1. The molecule has 3 atom stereocenters. The Bertz CT molecular complexity index is 315. The Morgan fingerprint density at radius 2 is 2.29 bits per heavy atom. The number of likely N-dealkylation sites (tertiary alicyclic amines) is 1. The minimum Gasteiger partial charge on any atom is -0.337 e. The second-order valence-electron chi connectivity index (χ2n) is 5.81. The summed E-state index contributed by atoms with van der Waals surface area (Å²) in [6.07, 6.45) is 4.76. The third kappa shape index (κ3) is 1.99. The van der Waals surface area contributed by atoms with Crippen molar-refractivity contribution in [1.82, 2.24) is 10.2 Å². The van der Waals surface area contributed by atoms with Crippen LogP contribution in [0.1, 0.15) is 32.6 Å². The summed E-state index contributed by atoms with van der Waals surface area (Å²) in [4.78, 5) is 14.9. The second-order valence-corrected chi connectivity index (χ2v) is 7.41. The molecule has 3 saturated heterocycles. The van der Waals surface area contributed by atoms with Crippen LogP contribution in [0.15, 0.2) is 0 Å². The Morgan fingerprint density at radius 3 is 3.06 bits per heavy atom. The Labute approximate surface area is 108 Å². The lowest BCUT2D eigenvalue weighted by molar-refractivity contribution is -0.137. The average Bonchev–Trinajstić information content (AvgIpc) is 2.96. The molecule has 0 radical (unpaired) electrons. The number of nitrogens with one attached hydrogen (secondary N) is 1. The first-order chi connectivity index (χ1) is 8.21. The average molecular weight is 254 g/mol. The van der Waals surface area contributed by atoms with Crippen molar-refractivity contribution in [3.8, 4) is 0 Å². The molecule has 0 bridgehead atoms. The molecule has 96 valence electrons. The zero-order valence-electron chi connectivity index (χ0n) is 10.6. The van der Waals surface area contributed by atoms with Crippen LogP contribution in [-0.2, 0) is 4.79 Å². The molecule has 0 aromatic rings. The molecular formula is C13H22N2OS. The van der Waals surface area contributed by atoms with Gasteiger partial charge in [0.1, 0.15) is 0 Å². The van der Waals surface area contributed by atoms with Gasteiger partial charge in [0.05, 0.1) is 4.75 Å². The van der Waals surface area contributed by atoms with Gasteiger partial charge in [-0.3, -0.25) is 4.79 Å². The molecular weight excluding hydrogens is 232 g/mol. The number of fused-ring (bicyclic) bond motifs is 1. The van der Waals surface area contributed by atoms with E-state index in [0.717, 1.165) is 31.8 Å². The summed E-state index contributed by atoms with van der Waals surface area (Å²) in [6, 6.07) is 0.481. The quantitative estimate of drug-likeness (QED) is 0.769. The van der Waals surface area contributed by atoms with Gasteiger partial charge in [-0.15, -0.1) is 11.8 Å². The van der Waals surface area contributed by atoms with Gasteiger partial charge in [0.15, 0.2) is 0 Å². The van der Waals surface area contributed by atoms with Crippen molar-refractivity contribution in [2.75, 3.05) is 25.4 Å². The van der Waals surface area contributed by atoms with Crippen molar-refractivity contribution in [1.29, 1.82) is 0 Å². The maximum atomic E-state index is 12.7. The molecule has 17 heavy (non-hydrogen) atoms. The fraction of sp³-hybridized carbons (Fsp3) is 0.923. The lowest BCUT2D eigenvalue weighted by Gasteiger charge is -2.40. The molecule has 0 aliphatic carbocycles. The topological polar surface area (TPSA) is 32.3 Å². The van der Waals surface area contributed by atoms with E-state index in [9.17, 15) is 4.79 Å². The minimum absolute atomic E-state index is 0.121. The smallest absolute Gasteiger partial charge is 0.238 e. The molecule has 3 heterocycles. The highest BCUT2D eigenvalue weighted by atomic mass is 32.2. The molecule has 0 aromatic heterocycles. The monoisotopic (exact) mass is 254 g/mol. The van der Waals surface area contributed by atoms with Crippen LogP contribution in [0.5, 0.6) is 0 Å². The summed E-state index contributed by atoms with van der Waals surface area (Å²) in [6.45, 7) is 5.26. The summed E-state index contributed by atoms with van der Waals surface area (Å²) < 4.78 is -0.121. The van der Waals surface area contributed by atoms with Crippen LogP contribution >= 0.6 is 11.8 Å². The van der Waals surface area contributed by atoms with Crippen molar-refractivity contribution >= 4 is 17.7 Å². The van der Waals surface area contributed by atoms with Crippen LogP contribution in [0.2, 0.25) is 0 Å². The summed E-state index contributed by atoms with van der Waals surface area (Å²) in [5, 5.41) is 3.45. The number of rotatable bonds is 1. The summed E-state index contributed by atoms with van der Waals surface area (Å²) in [7, 11) is 0. The molecule has 0 spiro atoms. The first-order valence-electron chi connectivity index (χ1n) is 6.86. The van der Waals surface area contributed by atoms with E-state index in [0.29, 0.717) is 17.9 Å². The third-order valence-corrected chi connectivity index (χ3v) is 6.12. The van der Waals surface area contributed by atoms with E-state index in [4.69, 9.17) is 0 Å². The van der Waals surface area contributed by atoms with Crippen LogP contribution in [0.3, 0.4) is 0 Å². The molecule has 3 rings (SSSR count). The molecule has 3 aliphatic rings. The van der Waals surface area contributed by atoms with E-state index >= 15 is 0 Å². The van der Waals surface area contributed by atoms with E-state index in [1.165, 1.54) is 19.3 Å². The number of piperidine rings is 1. The number of nitrogens with zero attached hydrogens (tertiary/aromatic N) is 1. The normalized spacial score (nSPS) is 41.6. The third-order valence-electron chi connectivity index (χ3n) is 4.61. The summed E-state index contributed by atoms with van der Waals surface area (Å²) in [5.74, 6) is 2.28. The molecule has 1 N–H and O–H groups in total. The molecule has 3 unspecified atom stereocenters. The van der Waals surface area contributed by atoms with Crippen molar-refractivity contribution < 1.29 is 4.79 Å². The van der Waals surface area contributed by atoms with Crippen molar-refractivity contribution in [2.24, 2.45) is 5.92 Å². The summed E-state index contributed by atoms with van der Waals surface area (Å²) >= 11 is 1.87. The molecule has 3 nitrogen and oxygen atoms in total. The fourth-order valence-corrected chi connectivity index (χ4v) is 4.84. The zero-order valence-corrected chi connectivity index (χ0v) is 11.4. The first kappa shape index (κ1) is 11.8. The standard InChI is InChI=1S/C13H22N2OS/c1-13(5-3-7-17-13)12(16)15-6-2-4-10-8-14-9-11(10)15/h10-11,14H,2-9H2,1H3. The number of thioether (sulfide) groups is 1. The van der Waals surface area contributed by atoms with E-state index in [1.807, 2.05) is 11.8 Å². The Hall–Kier alpha value is -0.220. The predicted molar refractivity (Wildman–Crippen MR) is 71.2 cm³/mol. The van der Waals surface area contributed by atoms with Crippen LogP contribution in [0.4, 0.5) is 0 Å². The van der Waals surface area contributed by atoms with Gasteiger partial charge in [-0.05, 0) is 44.3 Å². The highest BCUT2D eigenvalue weighted by Gasteiger charge is 2.45. The maximum Gasteiger partial charge on any atom is 0.238 e. The van der Waals surface area contributed by atoms with Gasteiger partial charge >= 0.3 is 0 Å². The predicted octanol–water partition coefficient (Wildman–Crippen LogP) is 1.48. The van der Waals surface area contributed by atoms with Gasteiger partial charge in [0.2, 0.25) is 5.91 Å². The maximum absolute atomic E-state index is 12.7. The molecule has 0 saturated carbocycles.